The highest BCUT2D eigenvalue weighted by atomic mass is 35.5. The number of ketones is 1. The van der Waals surface area contributed by atoms with Gasteiger partial charge >= 0.3 is 5.97 Å². The van der Waals surface area contributed by atoms with Crippen LogP contribution in [0.1, 0.15) is 48.5 Å². The van der Waals surface area contributed by atoms with Gasteiger partial charge in [0.25, 0.3) is 0 Å². The van der Waals surface area contributed by atoms with Crippen molar-refractivity contribution >= 4 is 35.0 Å². The van der Waals surface area contributed by atoms with Crippen LogP contribution in [0.3, 0.4) is 0 Å². The van der Waals surface area contributed by atoms with Crippen molar-refractivity contribution < 1.29 is 14.7 Å². The zero-order valence-corrected chi connectivity index (χ0v) is 15.2. The van der Waals surface area contributed by atoms with E-state index in [1.54, 1.807) is 13.0 Å². The molecule has 132 valence electrons. The fourth-order valence-electron chi connectivity index (χ4n) is 2.97. The highest BCUT2D eigenvalue weighted by Gasteiger charge is 2.58. The van der Waals surface area contributed by atoms with Crippen LogP contribution in [0.5, 0.6) is 0 Å². The molecule has 1 N–H and O–H groups in total. The first kappa shape index (κ1) is 22.2. The molecule has 2 rings (SSSR count). The summed E-state index contributed by atoms with van der Waals surface area (Å²) in [5.74, 6) is 0.126. The van der Waals surface area contributed by atoms with Gasteiger partial charge in [-0.2, -0.15) is 0 Å². The minimum Gasteiger partial charge on any atom is -0.481 e. The van der Waals surface area contributed by atoms with E-state index in [-0.39, 0.29) is 35.1 Å². The lowest BCUT2D eigenvalue weighted by Crippen LogP contribution is -1.99. The van der Waals surface area contributed by atoms with Crippen LogP contribution in [-0.4, -0.2) is 16.9 Å². The van der Waals surface area contributed by atoms with E-state index in [0.29, 0.717) is 18.1 Å². The molecule has 2 aliphatic rings. The Morgan fingerprint density at radius 1 is 1.13 bits per heavy atom. The summed E-state index contributed by atoms with van der Waals surface area (Å²) >= 11 is 10.6. The number of allylic oxidation sites excluding steroid dienone is 3. The lowest BCUT2D eigenvalue weighted by atomic mass is 10.1. The maximum Gasteiger partial charge on any atom is 0.307 e. The summed E-state index contributed by atoms with van der Waals surface area (Å²) in [6.45, 7) is 10.2. The Balaban J connectivity index is 0.000000409. The van der Waals surface area contributed by atoms with E-state index < -0.39 is 5.97 Å². The van der Waals surface area contributed by atoms with E-state index in [2.05, 4.69) is 33.8 Å². The highest BCUT2D eigenvalue weighted by Crippen LogP contribution is 2.59. The monoisotopic (exact) mass is 362 g/mol. The molecule has 0 bridgehead atoms. The van der Waals surface area contributed by atoms with Crippen LogP contribution in [0, 0.1) is 29.1 Å². The summed E-state index contributed by atoms with van der Waals surface area (Å²) < 4.78 is 0.161. The van der Waals surface area contributed by atoms with Crippen molar-refractivity contribution in [1.29, 1.82) is 0 Å². The summed E-state index contributed by atoms with van der Waals surface area (Å²) in [5.41, 5.74) is 1.53. The number of carboxylic acids is 1. The third-order valence-electron chi connectivity index (χ3n) is 4.36. The molecular formula is C18H28Cl2O3. The predicted molar refractivity (Wildman–Crippen MR) is 96.6 cm³/mol. The Kier molecular flexibility index (Phi) is 8.05. The average Bonchev–Trinajstić information content (AvgIpc) is 3.16. The fourth-order valence-corrected chi connectivity index (χ4v) is 3.29. The van der Waals surface area contributed by atoms with Crippen molar-refractivity contribution in [2.75, 3.05) is 0 Å². The van der Waals surface area contributed by atoms with E-state index in [1.165, 1.54) is 5.57 Å². The first-order valence-electron chi connectivity index (χ1n) is 7.39. The number of aliphatic carboxylic acids is 1. The summed E-state index contributed by atoms with van der Waals surface area (Å²) in [6, 6.07) is 0. The normalized spacial score (nSPS) is 29.0. The Morgan fingerprint density at radius 3 is 1.91 bits per heavy atom. The van der Waals surface area contributed by atoms with Gasteiger partial charge in [-0.1, -0.05) is 62.2 Å². The van der Waals surface area contributed by atoms with Gasteiger partial charge in [0.2, 0.25) is 0 Å². The topological polar surface area (TPSA) is 54.4 Å². The van der Waals surface area contributed by atoms with Crippen LogP contribution in [0.2, 0.25) is 0 Å². The smallest absolute Gasteiger partial charge is 0.307 e. The van der Waals surface area contributed by atoms with E-state index in [4.69, 9.17) is 28.3 Å². The van der Waals surface area contributed by atoms with Crippen molar-refractivity contribution in [3.8, 4) is 0 Å². The quantitative estimate of drug-likeness (QED) is 0.673. The Morgan fingerprint density at radius 2 is 1.65 bits per heavy atom. The molecule has 0 amide bonds. The maximum absolute atomic E-state index is 11.2. The van der Waals surface area contributed by atoms with E-state index in [1.807, 2.05) is 0 Å². The Labute approximate surface area is 149 Å². The van der Waals surface area contributed by atoms with Gasteiger partial charge in [0.05, 0.1) is 5.92 Å². The molecule has 0 heterocycles. The zero-order chi connectivity index (χ0) is 17.2. The molecular weight excluding hydrogens is 335 g/mol. The number of hydrogen-bond donors (Lipinski definition) is 1. The lowest BCUT2D eigenvalue weighted by molar-refractivity contribution is -0.138. The molecule has 3 nitrogen and oxygen atoms in total. The maximum atomic E-state index is 11.2. The second-order valence-corrected chi connectivity index (χ2v) is 7.99. The van der Waals surface area contributed by atoms with Gasteiger partial charge in [0, 0.05) is 5.92 Å². The molecule has 0 aromatic rings. The number of carbonyl (C=O) groups is 2. The first-order valence-corrected chi connectivity index (χ1v) is 8.15. The van der Waals surface area contributed by atoms with Gasteiger partial charge in [-0.05, 0) is 44.4 Å². The molecule has 0 spiro atoms. The molecule has 2 aliphatic carbocycles. The number of hydrogen-bond acceptors (Lipinski definition) is 2. The van der Waals surface area contributed by atoms with Gasteiger partial charge in [-0.25, -0.2) is 0 Å². The van der Waals surface area contributed by atoms with Crippen molar-refractivity contribution in [3.63, 3.8) is 0 Å². The summed E-state index contributed by atoms with van der Waals surface area (Å²) in [6.07, 6.45) is 4.46. The third-order valence-corrected chi connectivity index (χ3v) is 4.61. The van der Waals surface area contributed by atoms with Crippen LogP contribution in [-0.2, 0) is 9.59 Å². The van der Waals surface area contributed by atoms with Crippen LogP contribution >= 0.6 is 23.2 Å². The molecule has 23 heavy (non-hydrogen) atoms. The molecule has 0 aromatic heterocycles. The average molecular weight is 363 g/mol. The van der Waals surface area contributed by atoms with E-state index >= 15 is 0 Å². The lowest BCUT2D eigenvalue weighted by Gasteiger charge is -1.97. The van der Waals surface area contributed by atoms with Gasteiger partial charge in [-0.15, -0.1) is 0 Å². The molecule has 0 aromatic carbocycles. The SMILES string of the molecule is C.CC(=O)C1C(C=C(C)C)C1(C)C.O=C(O)C1CC1C=C(Cl)Cl. The Bertz CT molecular complexity index is 512. The van der Waals surface area contributed by atoms with Crippen LogP contribution in [0.25, 0.3) is 0 Å². The molecule has 0 radical (unpaired) electrons. The Hall–Kier alpha value is -0.800. The van der Waals surface area contributed by atoms with Gasteiger partial charge < -0.3 is 5.11 Å². The largest absolute Gasteiger partial charge is 0.481 e. The number of rotatable bonds is 4. The van der Waals surface area contributed by atoms with Crippen molar-refractivity contribution in [2.24, 2.45) is 29.1 Å². The van der Waals surface area contributed by atoms with Crippen molar-refractivity contribution in [2.45, 2.75) is 48.5 Å². The van der Waals surface area contributed by atoms with Gasteiger partial charge in [-0.3, -0.25) is 9.59 Å². The molecule has 0 aliphatic heterocycles. The van der Waals surface area contributed by atoms with Crippen LogP contribution < -0.4 is 0 Å². The second kappa shape index (κ2) is 8.34. The molecule has 4 unspecified atom stereocenters. The zero-order valence-electron chi connectivity index (χ0n) is 13.7. The minimum absolute atomic E-state index is 0. The predicted octanol–water partition coefficient (Wildman–Crippen LogP) is 5.48. The molecule has 0 saturated heterocycles. The van der Waals surface area contributed by atoms with Gasteiger partial charge in [0.15, 0.2) is 0 Å². The molecule has 2 saturated carbocycles. The number of halogens is 2. The minimum atomic E-state index is -0.768. The highest BCUT2D eigenvalue weighted by molar-refractivity contribution is 6.55. The molecule has 4 atom stereocenters. The summed E-state index contributed by atoms with van der Waals surface area (Å²) in [5, 5.41) is 8.42. The van der Waals surface area contributed by atoms with Gasteiger partial charge in [0.1, 0.15) is 10.3 Å². The standard InChI is InChI=1S/C11H18O.C6H6Cl2O2.CH4/c1-7(2)6-9-10(8(3)12)11(9,4)5;7-5(8)2-3-1-4(3)6(9)10;/h6,9-10H,1-5H3;2-4H,1H2,(H,9,10);1H4. The molecule has 5 heteroatoms. The number of Topliss-reactive ketones (excluding diaryl/α,β-unsaturated/α-hetero) is 1. The van der Waals surface area contributed by atoms with E-state index in [9.17, 15) is 9.59 Å². The number of carboxylic acid groups (broad SMARTS) is 1. The fraction of sp³-hybridized carbons (Fsp3) is 0.667. The third kappa shape index (κ3) is 6.31. The first-order chi connectivity index (χ1) is 9.98. The van der Waals surface area contributed by atoms with Crippen LogP contribution in [0.4, 0.5) is 0 Å². The van der Waals surface area contributed by atoms with Crippen molar-refractivity contribution in [3.05, 3.63) is 22.2 Å². The van der Waals surface area contributed by atoms with Crippen LogP contribution in [0.15, 0.2) is 22.2 Å². The second-order valence-electron chi connectivity index (χ2n) is 6.98. The number of carbonyl (C=O) groups excluding carboxylic acids is 1. The summed E-state index contributed by atoms with van der Waals surface area (Å²) in [7, 11) is 0. The van der Waals surface area contributed by atoms with E-state index in [0.717, 1.165) is 0 Å². The molecule has 2 fully saturated rings. The summed E-state index contributed by atoms with van der Waals surface area (Å²) in [4.78, 5) is 21.4. The van der Waals surface area contributed by atoms with Crippen molar-refractivity contribution in [1.82, 2.24) is 0 Å².